The lowest BCUT2D eigenvalue weighted by Crippen LogP contribution is -1.93. The van der Waals surface area contributed by atoms with Crippen molar-refractivity contribution in [1.29, 1.82) is 0 Å². The highest BCUT2D eigenvalue weighted by molar-refractivity contribution is 5.66. The zero-order chi connectivity index (χ0) is 21.2. The van der Waals surface area contributed by atoms with Crippen molar-refractivity contribution in [1.82, 2.24) is 0 Å². The number of aliphatic carboxylic acids is 1. The predicted octanol–water partition coefficient (Wildman–Crippen LogP) is 7.46. The molecule has 0 aromatic heterocycles. The van der Waals surface area contributed by atoms with Gasteiger partial charge in [-0.25, -0.2) is 0 Å². The molecule has 5 heteroatoms. The van der Waals surface area contributed by atoms with Gasteiger partial charge in [0.1, 0.15) is 0 Å². The summed E-state index contributed by atoms with van der Waals surface area (Å²) in [6, 6.07) is 6.94. The summed E-state index contributed by atoms with van der Waals surface area (Å²) in [5.41, 5.74) is 1.36. The van der Waals surface area contributed by atoms with E-state index in [2.05, 4.69) is 0 Å². The van der Waals surface area contributed by atoms with E-state index >= 15 is 0 Å². The minimum atomic E-state index is -0.674. The molecule has 0 atom stereocenters. The Bertz CT molecular complexity index is 557. The second kappa shape index (κ2) is 17.0. The van der Waals surface area contributed by atoms with Gasteiger partial charge in [-0.15, -0.1) is 0 Å². The van der Waals surface area contributed by atoms with Crippen LogP contribution in [-0.4, -0.2) is 16.0 Å². The zero-order valence-corrected chi connectivity index (χ0v) is 17.9. The molecule has 0 fully saturated rings. The number of hydrogen-bond acceptors (Lipinski definition) is 3. The molecule has 29 heavy (non-hydrogen) atoms. The predicted molar refractivity (Wildman–Crippen MR) is 118 cm³/mol. The van der Waals surface area contributed by atoms with Gasteiger partial charge >= 0.3 is 5.97 Å². The van der Waals surface area contributed by atoms with Crippen LogP contribution in [0.2, 0.25) is 0 Å². The average Bonchev–Trinajstić information content (AvgIpc) is 2.70. The lowest BCUT2D eigenvalue weighted by molar-refractivity contribution is -0.384. The SMILES string of the molecule is O=C(O)CCCCCCCCCCCCCCCCCc1ccc([N+](=O)[O-])cc1. The topological polar surface area (TPSA) is 80.4 Å². The van der Waals surface area contributed by atoms with E-state index < -0.39 is 5.97 Å². The molecule has 0 saturated heterocycles. The highest BCUT2D eigenvalue weighted by Crippen LogP contribution is 2.16. The van der Waals surface area contributed by atoms with Gasteiger partial charge in [0.15, 0.2) is 0 Å². The third kappa shape index (κ3) is 14.7. The van der Waals surface area contributed by atoms with Crippen molar-refractivity contribution in [2.75, 3.05) is 0 Å². The van der Waals surface area contributed by atoms with Gasteiger partial charge in [0, 0.05) is 18.6 Å². The Hall–Kier alpha value is -1.91. The fraction of sp³-hybridized carbons (Fsp3) is 0.708. The van der Waals surface area contributed by atoms with Gasteiger partial charge in [0.25, 0.3) is 5.69 Å². The van der Waals surface area contributed by atoms with Crippen molar-refractivity contribution >= 4 is 11.7 Å². The van der Waals surface area contributed by atoms with Crippen LogP contribution < -0.4 is 0 Å². The number of carboxylic acids is 1. The second-order valence-corrected chi connectivity index (χ2v) is 8.12. The molecule has 0 aliphatic carbocycles. The summed E-state index contributed by atoms with van der Waals surface area (Å²) in [5, 5.41) is 19.2. The number of non-ortho nitro benzene ring substituents is 1. The minimum Gasteiger partial charge on any atom is -0.481 e. The lowest BCUT2D eigenvalue weighted by Gasteiger charge is -2.04. The summed E-state index contributed by atoms with van der Waals surface area (Å²) in [6.07, 6.45) is 20.0. The van der Waals surface area contributed by atoms with Crippen molar-refractivity contribution < 1.29 is 14.8 Å². The summed E-state index contributed by atoms with van der Waals surface area (Å²) in [5.74, 6) is -0.674. The molecular formula is C24H39NO4. The molecule has 0 saturated carbocycles. The van der Waals surface area contributed by atoms with E-state index in [1.165, 1.54) is 82.6 Å². The van der Waals surface area contributed by atoms with Crippen LogP contribution in [0.1, 0.15) is 108 Å². The molecule has 5 nitrogen and oxygen atoms in total. The molecule has 0 heterocycles. The van der Waals surface area contributed by atoms with Crippen LogP contribution in [0.25, 0.3) is 0 Å². The number of carbonyl (C=O) groups is 1. The van der Waals surface area contributed by atoms with E-state index in [1.54, 1.807) is 12.1 Å². The standard InChI is InChI=1S/C24H39NO4/c26-24(27)17-15-13-11-9-7-5-3-1-2-4-6-8-10-12-14-16-22-18-20-23(21-19-22)25(28)29/h18-21H,1-17H2,(H,26,27). The van der Waals surface area contributed by atoms with Gasteiger partial charge in [-0.1, -0.05) is 95.6 Å². The van der Waals surface area contributed by atoms with E-state index in [1.807, 2.05) is 12.1 Å². The van der Waals surface area contributed by atoms with Crippen molar-refractivity contribution in [2.45, 2.75) is 109 Å². The van der Waals surface area contributed by atoms with Crippen molar-refractivity contribution in [3.8, 4) is 0 Å². The van der Waals surface area contributed by atoms with Crippen molar-refractivity contribution in [3.05, 3.63) is 39.9 Å². The molecule has 0 unspecified atom stereocenters. The number of nitrogens with zero attached hydrogens (tertiary/aromatic N) is 1. The monoisotopic (exact) mass is 405 g/mol. The van der Waals surface area contributed by atoms with Crippen LogP contribution in [0.4, 0.5) is 5.69 Å². The maximum Gasteiger partial charge on any atom is 0.303 e. The Morgan fingerprint density at radius 1 is 0.690 bits per heavy atom. The Morgan fingerprint density at radius 2 is 1.07 bits per heavy atom. The van der Waals surface area contributed by atoms with Crippen molar-refractivity contribution in [2.24, 2.45) is 0 Å². The third-order valence-electron chi connectivity index (χ3n) is 5.50. The first kappa shape index (κ1) is 25.1. The Labute approximate surface area is 176 Å². The summed E-state index contributed by atoms with van der Waals surface area (Å²) in [4.78, 5) is 20.7. The van der Waals surface area contributed by atoms with Gasteiger partial charge in [0.05, 0.1) is 4.92 Å². The summed E-state index contributed by atoms with van der Waals surface area (Å²) in [6.45, 7) is 0. The first-order chi connectivity index (χ1) is 14.1. The molecule has 0 bridgehead atoms. The first-order valence-corrected chi connectivity index (χ1v) is 11.5. The molecular weight excluding hydrogens is 366 g/mol. The van der Waals surface area contributed by atoms with E-state index in [-0.39, 0.29) is 10.6 Å². The van der Waals surface area contributed by atoms with Gasteiger partial charge in [-0.2, -0.15) is 0 Å². The van der Waals surface area contributed by atoms with E-state index in [0.29, 0.717) is 6.42 Å². The van der Waals surface area contributed by atoms with Gasteiger partial charge in [0.2, 0.25) is 0 Å². The fourth-order valence-electron chi connectivity index (χ4n) is 3.69. The van der Waals surface area contributed by atoms with E-state index in [9.17, 15) is 14.9 Å². The first-order valence-electron chi connectivity index (χ1n) is 11.5. The fourth-order valence-corrected chi connectivity index (χ4v) is 3.69. The number of carboxylic acid groups (broad SMARTS) is 1. The largest absolute Gasteiger partial charge is 0.481 e. The van der Waals surface area contributed by atoms with Gasteiger partial charge in [-0.3, -0.25) is 14.9 Å². The number of rotatable bonds is 19. The molecule has 0 aliphatic heterocycles. The Kier molecular flexibility index (Phi) is 14.7. The quantitative estimate of drug-likeness (QED) is 0.147. The molecule has 1 N–H and O–H groups in total. The molecule has 0 aliphatic rings. The smallest absolute Gasteiger partial charge is 0.303 e. The number of nitro benzene ring substituents is 1. The highest BCUT2D eigenvalue weighted by Gasteiger charge is 2.03. The zero-order valence-electron chi connectivity index (χ0n) is 17.9. The molecule has 1 aromatic rings. The Balaban J connectivity index is 1.79. The van der Waals surface area contributed by atoms with E-state index in [0.717, 1.165) is 25.7 Å². The average molecular weight is 406 g/mol. The second-order valence-electron chi connectivity index (χ2n) is 8.12. The molecule has 0 spiro atoms. The van der Waals surface area contributed by atoms with Crippen LogP contribution in [0.15, 0.2) is 24.3 Å². The molecule has 0 radical (unpaired) electrons. The molecule has 1 rings (SSSR count). The number of unbranched alkanes of at least 4 members (excludes halogenated alkanes) is 14. The maximum absolute atomic E-state index is 10.6. The minimum absolute atomic E-state index is 0.168. The normalized spacial score (nSPS) is 10.9. The van der Waals surface area contributed by atoms with Gasteiger partial charge in [-0.05, 0) is 24.8 Å². The Morgan fingerprint density at radius 3 is 1.45 bits per heavy atom. The van der Waals surface area contributed by atoms with Crippen LogP contribution in [0.5, 0.6) is 0 Å². The van der Waals surface area contributed by atoms with E-state index in [4.69, 9.17) is 5.11 Å². The third-order valence-corrected chi connectivity index (χ3v) is 5.50. The van der Waals surface area contributed by atoms with Crippen LogP contribution in [0, 0.1) is 10.1 Å². The summed E-state index contributed by atoms with van der Waals surface area (Å²) >= 11 is 0. The number of hydrogen-bond donors (Lipinski definition) is 1. The van der Waals surface area contributed by atoms with Crippen LogP contribution in [0.3, 0.4) is 0 Å². The molecule has 164 valence electrons. The number of benzene rings is 1. The highest BCUT2D eigenvalue weighted by atomic mass is 16.6. The lowest BCUT2D eigenvalue weighted by atomic mass is 10.0. The molecule has 1 aromatic carbocycles. The maximum atomic E-state index is 10.6. The van der Waals surface area contributed by atoms with Crippen molar-refractivity contribution in [3.63, 3.8) is 0 Å². The number of nitro groups is 1. The summed E-state index contributed by atoms with van der Waals surface area (Å²) in [7, 11) is 0. The number of aryl methyl sites for hydroxylation is 1. The molecule has 0 amide bonds. The van der Waals surface area contributed by atoms with Crippen LogP contribution >= 0.6 is 0 Å². The van der Waals surface area contributed by atoms with Crippen LogP contribution in [-0.2, 0) is 11.2 Å². The van der Waals surface area contributed by atoms with Gasteiger partial charge < -0.3 is 5.11 Å². The summed E-state index contributed by atoms with van der Waals surface area (Å²) < 4.78 is 0.